The van der Waals surface area contributed by atoms with Crippen LogP contribution in [0.3, 0.4) is 0 Å². The smallest absolute Gasteiger partial charge is 0.148 e. The highest BCUT2D eigenvalue weighted by Gasteiger charge is 2.20. The molecular formula is C14H29NO4S. The molecule has 0 spiro atoms. The molecule has 0 aromatic heterocycles. The molecule has 20 heavy (non-hydrogen) atoms. The Morgan fingerprint density at radius 1 is 1.40 bits per heavy atom. The van der Waals surface area contributed by atoms with Gasteiger partial charge in [-0.15, -0.1) is 0 Å². The van der Waals surface area contributed by atoms with E-state index < -0.39 is 15.9 Å². The zero-order chi connectivity index (χ0) is 15.2. The summed E-state index contributed by atoms with van der Waals surface area (Å²) >= 11 is 0. The summed E-state index contributed by atoms with van der Waals surface area (Å²) < 4.78 is 28.0. The Kier molecular flexibility index (Phi) is 7.43. The van der Waals surface area contributed by atoms with E-state index in [4.69, 9.17) is 4.74 Å². The third-order valence-electron chi connectivity index (χ3n) is 3.67. The Morgan fingerprint density at radius 2 is 2.10 bits per heavy atom. The SMILES string of the molecule is CC1CCCC(OCC(O)CNC(C)CS(C)(=O)=O)C1. The summed E-state index contributed by atoms with van der Waals surface area (Å²) in [4.78, 5) is 0. The van der Waals surface area contributed by atoms with E-state index in [1.54, 1.807) is 6.92 Å². The van der Waals surface area contributed by atoms with Crippen molar-refractivity contribution in [3.8, 4) is 0 Å². The second kappa shape index (κ2) is 8.32. The van der Waals surface area contributed by atoms with E-state index in [0.29, 0.717) is 19.1 Å². The average molecular weight is 307 g/mol. The highest BCUT2D eigenvalue weighted by atomic mass is 32.2. The minimum absolute atomic E-state index is 0.0840. The first kappa shape index (κ1) is 17.9. The normalized spacial score (nSPS) is 27.2. The van der Waals surface area contributed by atoms with Gasteiger partial charge in [0, 0.05) is 18.8 Å². The van der Waals surface area contributed by atoms with Crippen LogP contribution in [0.4, 0.5) is 0 Å². The lowest BCUT2D eigenvalue weighted by atomic mass is 9.89. The summed E-state index contributed by atoms with van der Waals surface area (Å²) in [5.74, 6) is 0.791. The van der Waals surface area contributed by atoms with Gasteiger partial charge < -0.3 is 15.2 Å². The van der Waals surface area contributed by atoms with E-state index in [2.05, 4.69) is 12.2 Å². The average Bonchev–Trinajstić information content (AvgIpc) is 2.32. The molecule has 1 aliphatic carbocycles. The molecular weight excluding hydrogens is 278 g/mol. The van der Waals surface area contributed by atoms with Gasteiger partial charge in [-0.3, -0.25) is 0 Å². The predicted molar refractivity (Wildman–Crippen MR) is 80.6 cm³/mol. The Labute approximate surface area is 123 Å². The molecule has 0 saturated heterocycles. The van der Waals surface area contributed by atoms with Crippen LogP contribution in [0.2, 0.25) is 0 Å². The number of rotatable bonds is 8. The molecule has 6 heteroatoms. The summed E-state index contributed by atoms with van der Waals surface area (Å²) in [5, 5.41) is 12.9. The Bertz CT molecular complexity index is 371. The molecule has 0 radical (unpaired) electrons. The fourth-order valence-corrected chi connectivity index (χ4v) is 3.71. The standard InChI is InChI=1S/C14H29NO4S/c1-11-5-4-6-14(7-11)19-9-13(16)8-15-12(2)10-20(3,17)18/h11-16H,4-10H2,1-3H3. The van der Waals surface area contributed by atoms with Gasteiger partial charge in [0.2, 0.25) is 0 Å². The number of aliphatic hydroxyl groups excluding tert-OH is 1. The molecule has 0 heterocycles. The maximum atomic E-state index is 11.1. The number of hydrogen-bond donors (Lipinski definition) is 2. The summed E-state index contributed by atoms with van der Waals surface area (Å²) in [7, 11) is -2.98. The van der Waals surface area contributed by atoms with Crippen LogP contribution in [0.25, 0.3) is 0 Å². The largest absolute Gasteiger partial charge is 0.389 e. The maximum absolute atomic E-state index is 11.1. The van der Waals surface area contributed by atoms with Gasteiger partial charge in [-0.05, 0) is 25.7 Å². The zero-order valence-corrected chi connectivity index (χ0v) is 13.7. The predicted octanol–water partition coefficient (Wildman–Crippen LogP) is 0.965. The van der Waals surface area contributed by atoms with E-state index in [0.717, 1.165) is 12.8 Å². The molecule has 1 rings (SSSR count). The lowest BCUT2D eigenvalue weighted by Gasteiger charge is -2.27. The van der Waals surface area contributed by atoms with Crippen LogP contribution in [0.1, 0.15) is 39.5 Å². The van der Waals surface area contributed by atoms with Crippen LogP contribution in [-0.2, 0) is 14.6 Å². The molecule has 1 saturated carbocycles. The molecule has 0 aliphatic heterocycles. The van der Waals surface area contributed by atoms with Crippen molar-refractivity contribution in [1.82, 2.24) is 5.32 Å². The molecule has 120 valence electrons. The molecule has 4 atom stereocenters. The van der Waals surface area contributed by atoms with Gasteiger partial charge in [-0.1, -0.05) is 19.8 Å². The number of hydrogen-bond acceptors (Lipinski definition) is 5. The summed E-state index contributed by atoms with van der Waals surface area (Å²) in [5.41, 5.74) is 0. The van der Waals surface area contributed by atoms with E-state index in [1.165, 1.54) is 19.1 Å². The summed E-state index contributed by atoms with van der Waals surface area (Å²) in [6.45, 7) is 4.72. The van der Waals surface area contributed by atoms with Gasteiger partial charge in [-0.25, -0.2) is 8.42 Å². The summed E-state index contributed by atoms with van der Waals surface area (Å²) in [6, 6.07) is -0.158. The molecule has 5 nitrogen and oxygen atoms in total. The third kappa shape index (κ3) is 8.19. The zero-order valence-electron chi connectivity index (χ0n) is 12.8. The van der Waals surface area contributed by atoms with Crippen molar-refractivity contribution < 1.29 is 18.3 Å². The van der Waals surface area contributed by atoms with Crippen LogP contribution in [0.15, 0.2) is 0 Å². The van der Waals surface area contributed by atoms with Crippen LogP contribution in [0.5, 0.6) is 0 Å². The second-order valence-electron chi connectivity index (χ2n) is 6.28. The van der Waals surface area contributed by atoms with Crippen molar-refractivity contribution in [2.75, 3.05) is 25.2 Å². The first-order chi connectivity index (χ1) is 9.26. The van der Waals surface area contributed by atoms with E-state index in [9.17, 15) is 13.5 Å². The van der Waals surface area contributed by atoms with Crippen molar-refractivity contribution in [2.24, 2.45) is 5.92 Å². The van der Waals surface area contributed by atoms with Crippen molar-refractivity contribution in [2.45, 2.75) is 57.8 Å². The highest BCUT2D eigenvalue weighted by Crippen LogP contribution is 2.25. The topological polar surface area (TPSA) is 75.6 Å². The molecule has 1 aliphatic rings. The van der Waals surface area contributed by atoms with Crippen molar-refractivity contribution in [1.29, 1.82) is 0 Å². The lowest BCUT2D eigenvalue weighted by Crippen LogP contribution is -2.40. The second-order valence-corrected chi connectivity index (χ2v) is 8.47. The van der Waals surface area contributed by atoms with E-state index in [-0.39, 0.29) is 17.9 Å². The molecule has 0 amide bonds. The van der Waals surface area contributed by atoms with Gasteiger partial charge in [0.25, 0.3) is 0 Å². The Balaban J connectivity index is 2.15. The summed E-state index contributed by atoms with van der Waals surface area (Å²) in [6.07, 6.45) is 5.52. The van der Waals surface area contributed by atoms with Crippen LogP contribution < -0.4 is 5.32 Å². The Morgan fingerprint density at radius 3 is 2.70 bits per heavy atom. The van der Waals surface area contributed by atoms with E-state index in [1.807, 2.05) is 0 Å². The van der Waals surface area contributed by atoms with E-state index >= 15 is 0 Å². The molecule has 4 unspecified atom stereocenters. The quantitative estimate of drug-likeness (QED) is 0.699. The minimum atomic E-state index is -2.98. The monoisotopic (exact) mass is 307 g/mol. The maximum Gasteiger partial charge on any atom is 0.148 e. The van der Waals surface area contributed by atoms with Crippen molar-refractivity contribution >= 4 is 9.84 Å². The number of nitrogens with one attached hydrogen (secondary N) is 1. The van der Waals surface area contributed by atoms with Crippen LogP contribution >= 0.6 is 0 Å². The first-order valence-corrected chi connectivity index (χ1v) is 9.53. The first-order valence-electron chi connectivity index (χ1n) is 7.47. The van der Waals surface area contributed by atoms with Gasteiger partial charge in [-0.2, -0.15) is 0 Å². The van der Waals surface area contributed by atoms with Crippen molar-refractivity contribution in [3.05, 3.63) is 0 Å². The van der Waals surface area contributed by atoms with Gasteiger partial charge in [0.15, 0.2) is 0 Å². The number of ether oxygens (including phenoxy) is 1. The number of aliphatic hydroxyl groups is 1. The molecule has 1 fully saturated rings. The highest BCUT2D eigenvalue weighted by molar-refractivity contribution is 7.90. The van der Waals surface area contributed by atoms with Crippen LogP contribution in [0, 0.1) is 5.92 Å². The molecule has 0 bridgehead atoms. The molecule has 2 N–H and O–H groups in total. The minimum Gasteiger partial charge on any atom is -0.389 e. The van der Waals surface area contributed by atoms with Gasteiger partial charge in [0.05, 0.1) is 24.6 Å². The van der Waals surface area contributed by atoms with Gasteiger partial charge in [0.1, 0.15) is 9.84 Å². The fourth-order valence-electron chi connectivity index (χ4n) is 2.69. The fraction of sp³-hybridized carbons (Fsp3) is 1.00. The molecule has 0 aromatic carbocycles. The van der Waals surface area contributed by atoms with Crippen molar-refractivity contribution in [3.63, 3.8) is 0 Å². The number of sulfone groups is 1. The third-order valence-corrected chi connectivity index (χ3v) is 4.77. The molecule has 0 aromatic rings. The van der Waals surface area contributed by atoms with Crippen LogP contribution in [-0.4, -0.2) is 56.9 Å². The lowest BCUT2D eigenvalue weighted by molar-refractivity contribution is -0.0309. The van der Waals surface area contributed by atoms with Gasteiger partial charge >= 0.3 is 0 Å². The Hall–Kier alpha value is -0.170.